The molecular weight excluding hydrogens is 268 g/mol. The lowest BCUT2D eigenvalue weighted by molar-refractivity contribution is -0.164. The average Bonchev–Trinajstić information content (AvgIpc) is 2.48. The fourth-order valence-electron chi connectivity index (χ4n) is 3.27. The van der Waals surface area contributed by atoms with Gasteiger partial charge in [-0.15, -0.1) is 0 Å². The van der Waals surface area contributed by atoms with E-state index in [1.54, 1.807) is 6.92 Å². The molecule has 0 aromatic heterocycles. The Balaban J connectivity index is 1.57. The molecule has 0 saturated carbocycles. The van der Waals surface area contributed by atoms with Crippen molar-refractivity contribution in [2.45, 2.75) is 58.3 Å². The van der Waals surface area contributed by atoms with Gasteiger partial charge in [-0.05, 0) is 58.0 Å². The second-order valence-electron chi connectivity index (χ2n) is 6.34. The minimum absolute atomic E-state index is 0.0241. The van der Waals surface area contributed by atoms with E-state index < -0.39 is 0 Å². The van der Waals surface area contributed by atoms with Gasteiger partial charge in [0.15, 0.2) is 6.29 Å². The van der Waals surface area contributed by atoms with Gasteiger partial charge in [0.1, 0.15) is 0 Å². The second-order valence-corrected chi connectivity index (χ2v) is 6.34. The Kier molecular flexibility index (Phi) is 6.93. The zero-order valence-electron chi connectivity index (χ0n) is 13.5. The lowest BCUT2D eigenvalue weighted by Crippen LogP contribution is -2.44. The van der Waals surface area contributed by atoms with Gasteiger partial charge in [-0.25, -0.2) is 0 Å². The number of piperidine rings is 1. The van der Waals surface area contributed by atoms with Crippen LogP contribution in [0.1, 0.15) is 46.0 Å². The molecule has 0 unspecified atom stereocenters. The molecule has 122 valence electrons. The van der Waals surface area contributed by atoms with E-state index in [9.17, 15) is 4.79 Å². The van der Waals surface area contributed by atoms with Gasteiger partial charge in [-0.1, -0.05) is 0 Å². The molecule has 5 nitrogen and oxygen atoms in total. The summed E-state index contributed by atoms with van der Waals surface area (Å²) in [5.41, 5.74) is 0. The van der Waals surface area contributed by atoms with Gasteiger partial charge in [0.25, 0.3) is 0 Å². The number of carbonyl (C=O) groups is 1. The van der Waals surface area contributed by atoms with Crippen molar-refractivity contribution in [1.82, 2.24) is 10.2 Å². The fraction of sp³-hybridized carbons (Fsp3) is 0.938. The van der Waals surface area contributed by atoms with E-state index in [2.05, 4.69) is 17.1 Å². The zero-order valence-corrected chi connectivity index (χ0v) is 13.5. The minimum Gasteiger partial charge on any atom is -0.354 e. The van der Waals surface area contributed by atoms with E-state index in [4.69, 9.17) is 9.47 Å². The Morgan fingerprint density at radius 2 is 2.10 bits per heavy atom. The number of hydrogen-bond acceptors (Lipinski definition) is 4. The average molecular weight is 298 g/mol. The predicted octanol–water partition coefficient (Wildman–Crippen LogP) is 1.77. The van der Waals surface area contributed by atoms with Gasteiger partial charge in [-0.3, -0.25) is 4.79 Å². The molecule has 0 aromatic rings. The summed E-state index contributed by atoms with van der Waals surface area (Å²) in [6.45, 7) is 8.50. The van der Waals surface area contributed by atoms with Crippen LogP contribution in [0.5, 0.6) is 0 Å². The topological polar surface area (TPSA) is 50.8 Å². The van der Waals surface area contributed by atoms with E-state index in [1.807, 2.05) is 0 Å². The summed E-state index contributed by atoms with van der Waals surface area (Å²) in [7, 11) is 0. The first-order chi connectivity index (χ1) is 10.1. The zero-order chi connectivity index (χ0) is 15.1. The molecule has 2 atom stereocenters. The largest absolute Gasteiger partial charge is 0.354 e. The molecule has 5 heteroatoms. The van der Waals surface area contributed by atoms with E-state index in [0.29, 0.717) is 5.92 Å². The monoisotopic (exact) mass is 298 g/mol. The second kappa shape index (κ2) is 8.71. The van der Waals surface area contributed by atoms with Crippen molar-refractivity contribution in [2.75, 3.05) is 32.8 Å². The molecule has 2 heterocycles. The maximum atomic E-state index is 11.1. The molecule has 0 radical (unpaired) electrons. The van der Waals surface area contributed by atoms with Crippen molar-refractivity contribution < 1.29 is 14.3 Å². The van der Waals surface area contributed by atoms with Gasteiger partial charge in [0, 0.05) is 26.1 Å². The summed E-state index contributed by atoms with van der Waals surface area (Å²) < 4.78 is 11.4. The summed E-state index contributed by atoms with van der Waals surface area (Å²) in [6.07, 6.45) is 5.76. The van der Waals surface area contributed by atoms with Crippen molar-refractivity contribution in [3.05, 3.63) is 0 Å². The van der Waals surface area contributed by atoms with E-state index in [1.165, 1.54) is 12.8 Å². The minimum atomic E-state index is 0.0241. The first kappa shape index (κ1) is 16.7. The first-order valence-electron chi connectivity index (χ1n) is 8.38. The predicted molar refractivity (Wildman–Crippen MR) is 82.0 cm³/mol. The number of nitrogens with zero attached hydrogens (tertiary/aromatic N) is 1. The third-order valence-electron chi connectivity index (χ3n) is 4.62. The maximum Gasteiger partial charge on any atom is 0.217 e. The molecule has 2 saturated heterocycles. The number of nitrogens with one attached hydrogen (secondary N) is 1. The van der Waals surface area contributed by atoms with Crippen molar-refractivity contribution >= 4 is 5.91 Å². The molecule has 1 N–H and O–H groups in total. The van der Waals surface area contributed by atoms with Crippen molar-refractivity contribution in [3.8, 4) is 0 Å². The lowest BCUT2D eigenvalue weighted by Gasteiger charge is -2.35. The highest BCUT2D eigenvalue weighted by atomic mass is 16.7. The Morgan fingerprint density at radius 3 is 2.71 bits per heavy atom. The van der Waals surface area contributed by atoms with Crippen molar-refractivity contribution in [2.24, 2.45) is 5.92 Å². The van der Waals surface area contributed by atoms with Crippen LogP contribution in [0.25, 0.3) is 0 Å². The molecule has 2 aliphatic heterocycles. The third-order valence-corrected chi connectivity index (χ3v) is 4.62. The maximum absolute atomic E-state index is 11.1. The lowest BCUT2D eigenvalue weighted by atomic mass is 9.90. The quantitative estimate of drug-likeness (QED) is 0.812. The molecule has 21 heavy (non-hydrogen) atoms. The van der Waals surface area contributed by atoms with E-state index in [0.717, 1.165) is 52.1 Å². The number of amides is 1. The Labute approximate surface area is 128 Å². The number of carbonyl (C=O) groups excluding carboxylic acids is 1. The standard InChI is InChI=1S/C16H30N2O3/c1-13(17-14(2)19)15-6-8-18(9-7-15)10-12-21-16-5-3-4-11-20-16/h13,15-16H,3-12H2,1-2H3,(H,17,19)/t13-,16+/m0/s1. The molecular formula is C16H30N2O3. The molecule has 0 spiro atoms. The molecule has 2 fully saturated rings. The molecule has 2 rings (SSSR count). The van der Waals surface area contributed by atoms with Gasteiger partial charge >= 0.3 is 0 Å². The summed E-state index contributed by atoms with van der Waals surface area (Å²) in [6, 6.07) is 0.288. The molecule has 0 aromatic carbocycles. The highest BCUT2D eigenvalue weighted by Crippen LogP contribution is 2.20. The summed E-state index contributed by atoms with van der Waals surface area (Å²) >= 11 is 0. The molecule has 1 amide bonds. The van der Waals surface area contributed by atoms with Crippen LogP contribution < -0.4 is 5.32 Å². The molecule has 2 aliphatic rings. The highest BCUT2D eigenvalue weighted by molar-refractivity contribution is 5.73. The Bertz CT molecular complexity index is 311. The van der Waals surface area contributed by atoms with Crippen LogP contribution in [-0.2, 0) is 14.3 Å². The van der Waals surface area contributed by atoms with Crippen LogP contribution >= 0.6 is 0 Å². The Hall–Kier alpha value is -0.650. The number of hydrogen-bond donors (Lipinski definition) is 1. The SMILES string of the molecule is CC(=O)N[C@@H](C)C1CCN(CCO[C@@H]2CCCCO2)CC1. The van der Waals surface area contributed by atoms with Gasteiger partial charge in [-0.2, -0.15) is 0 Å². The number of likely N-dealkylation sites (tertiary alicyclic amines) is 1. The first-order valence-corrected chi connectivity index (χ1v) is 8.38. The van der Waals surface area contributed by atoms with Crippen LogP contribution in [0.2, 0.25) is 0 Å². The van der Waals surface area contributed by atoms with Crippen LogP contribution in [0.15, 0.2) is 0 Å². The van der Waals surface area contributed by atoms with Gasteiger partial charge in [0.2, 0.25) is 5.91 Å². The number of ether oxygens (including phenoxy) is 2. The summed E-state index contributed by atoms with van der Waals surface area (Å²) in [5.74, 6) is 0.679. The van der Waals surface area contributed by atoms with Crippen LogP contribution in [0.3, 0.4) is 0 Å². The fourth-order valence-corrected chi connectivity index (χ4v) is 3.27. The van der Waals surface area contributed by atoms with E-state index in [-0.39, 0.29) is 18.2 Å². The molecule has 0 aliphatic carbocycles. The van der Waals surface area contributed by atoms with Crippen molar-refractivity contribution in [3.63, 3.8) is 0 Å². The number of rotatable bonds is 6. The normalized spacial score (nSPS) is 26.5. The van der Waals surface area contributed by atoms with Crippen molar-refractivity contribution in [1.29, 1.82) is 0 Å². The van der Waals surface area contributed by atoms with Gasteiger partial charge in [0.05, 0.1) is 6.61 Å². The molecule has 0 bridgehead atoms. The van der Waals surface area contributed by atoms with Crippen LogP contribution in [-0.4, -0.2) is 56.0 Å². The van der Waals surface area contributed by atoms with Crippen LogP contribution in [0.4, 0.5) is 0 Å². The smallest absolute Gasteiger partial charge is 0.217 e. The third kappa shape index (κ3) is 5.93. The van der Waals surface area contributed by atoms with Crippen LogP contribution in [0, 0.1) is 5.92 Å². The highest BCUT2D eigenvalue weighted by Gasteiger charge is 2.24. The summed E-state index contributed by atoms with van der Waals surface area (Å²) in [4.78, 5) is 13.6. The van der Waals surface area contributed by atoms with E-state index >= 15 is 0 Å². The summed E-state index contributed by atoms with van der Waals surface area (Å²) in [5, 5.41) is 3.01. The van der Waals surface area contributed by atoms with Gasteiger partial charge < -0.3 is 19.7 Å². The Morgan fingerprint density at radius 1 is 1.33 bits per heavy atom.